The summed E-state index contributed by atoms with van der Waals surface area (Å²) in [4.78, 5) is 0. The molecule has 18 heavy (non-hydrogen) atoms. The van der Waals surface area contributed by atoms with Crippen LogP contribution in [0.15, 0.2) is 0 Å². The van der Waals surface area contributed by atoms with Gasteiger partial charge in [-0.05, 0) is 48.5 Å². The van der Waals surface area contributed by atoms with Crippen molar-refractivity contribution in [3.8, 4) is 0 Å². The molecule has 0 aromatic rings. The van der Waals surface area contributed by atoms with E-state index >= 15 is 0 Å². The molecule has 0 heterocycles. The van der Waals surface area contributed by atoms with Gasteiger partial charge in [0.05, 0.1) is 12.2 Å². The number of hydrogen-bond donors (Lipinski definition) is 0. The van der Waals surface area contributed by atoms with Gasteiger partial charge in [-0.25, -0.2) is 0 Å². The maximum Gasteiger partial charge on any atom is 0.251 e. The fourth-order valence-electron chi connectivity index (χ4n) is 2.78. The predicted octanol–water partition coefficient (Wildman–Crippen LogP) is 5.43. The summed E-state index contributed by atoms with van der Waals surface area (Å²) in [5.74, 6) is 0. The summed E-state index contributed by atoms with van der Waals surface area (Å²) in [6, 6.07) is 0. The van der Waals surface area contributed by atoms with Crippen molar-refractivity contribution in [3.63, 3.8) is 0 Å². The molecule has 0 N–H and O–H groups in total. The third-order valence-corrected chi connectivity index (χ3v) is 11.6. The van der Waals surface area contributed by atoms with E-state index in [-0.39, 0.29) is 0 Å². The summed E-state index contributed by atoms with van der Waals surface area (Å²) in [6.45, 7) is 0. The molecule has 0 aliphatic heterocycles. The zero-order valence-electron chi connectivity index (χ0n) is 10.9. The van der Waals surface area contributed by atoms with Crippen LogP contribution in [-0.2, 0) is 20.9 Å². The smallest absolute Gasteiger partial charge is 0.251 e. The van der Waals surface area contributed by atoms with E-state index in [4.69, 9.17) is 20.9 Å². The Labute approximate surface area is 122 Å². The van der Waals surface area contributed by atoms with Crippen molar-refractivity contribution in [1.29, 1.82) is 0 Å². The first-order valence-electron chi connectivity index (χ1n) is 7.07. The van der Waals surface area contributed by atoms with Gasteiger partial charge < -0.3 is 9.05 Å². The minimum atomic E-state index is -2.12. The number of hydrogen-bond acceptors (Lipinski definition) is 4. The summed E-state index contributed by atoms with van der Waals surface area (Å²) in [6.07, 6.45) is 13.2. The van der Waals surface area contributed by atoms with Crippen molar-refractivity contribution in [2.45, 2.75) is 76.4 Å². The Hall–Kier alpha value is 1.35. The van der Waals surface area contributed by atoms with E-state index in [2.05, 4.69) is 8.44 Å². The second-order valence-corrected chi connectivity index (χ2v) is 12.9. The van der Waals surface area contributed by atoms with Gasteiger partial charge in [0.15, 0.2) is 0 Å². The van der Waals surface area contributed by atoms with Crippen LogP contribution < -0.4 is 0 Å². The Balaban J connectivity index is 1.85. The van der Waals surface area contributed by atoms with Crippen molar-refractivity contribution in [2.24, 2.45) is 0 Å². The molecule has 2 aliphatic carbocycles. The van der Waals surface area contributed by atoms with Crippen molar-refractivity contribution in [3.05, 3.63) is 0 Å². The average molecular weight is 326 g/mol. The Morgan fingerprint density at radius 2 is 1.22 bits per heavy atom. The van der Waals surface area contributed by atoms with Crippen LogP contribution in [0.25, 0.3) is 0 Å². The average Bonchev–Trinajstić information content (AvgIpc) is 2.41. The Morgan fingerprint density at radius 3 is 1.56 bits per heavy atom. The molecule has 0 saturated heterocycles. The van der Waals surface area contributed by atoms with Gasteiger partial charge in [-0.15, -0.1) is 0 Å². The monoisotopic (exact) mass is 326 g/mol. The lowest BCUT2D eigenvalue weighted by atomic mass is 9.98. The molecule has 0 amide bonds. The van der Waals surface area contributed by atoms with Crippen LogP contribution >= 0.6 is 25.1 Å². The molecular weight excluding hydrogens is 302 g/mol. The van der Waals surface area contributed by atoms with Crippen molar-refractivity contribution in [1.82, 2.24) is 0 Å². The SMILES string of the molecule is PSP(=S)(OC1CCCCC1)OC1CCCCC1. The minimum Gasteiger partial charge on any atom is -0.318 e. The molecule has 0 spiro atoms. The molecule has 2 rings (SSSR count). The summed E-state index contributed by atoms with van der Waals surface area (Å²) in [5, 5.41) is 0. The zero-order valence-corrected chi connectivity index (χ0v) is 14.6. The van der Waals surface area contributed by atoms with Crippen LogP contribution in [0.1, 0.15) is 64.2 Å². The van der Waals surface area contributed by atoms with E-state index in [1.54, 1.807) is 11.0 Å². The summed E-state index contributed by atoms with van der Waals surface area (Å²) < 4.78 is 12.4. The predicted molar refractivity (Wildman–Crippen MR) is 87.5 cm³/mol. The molecule has 0 aromatic carbocycles. The highest BCUT2D eigenvalue weighted by Crippen LogP contribution is 2.66. The maximum atomic E-state index is 6.18. The fraction of sp³-hybridized carbons (Fsp3) is 1.00. The van der Waals surface area contributed by atoms with Crippen LogP contribution in [-0.4, -0.2) is 12.2 Å². The minimum absolute atomic E-state index is 0.348. The van der Waals surface area contributed by atoms with E-state index in [1.807, 2.05) is 0 Å². The maximum absolute atomic E-state index is 6.18. The first-order valence-corrected chi connectivity index (χ1v) is 12.6. The molecule has 2 saturated carbocycles. The molecule has 6 heteroatoms. The molecular formula is C12H24O2P2S2. The van der Waals surface area contributed by atoms with Crippen LogP contribution in [0.5, 0.6) is 0 Å². The first-order chi connectivity index (χ1) is 8.72. The molecule has 2 nitrogen and oxygen atoms in total. The van der Waals surface area contributed by atoms with Gasteiger partial charge in [-0.2, -0.15) is 0 Å². The van der Waals surface area contributed by atoms with E-state index in [0.29, 0.717) is 12.2 Å². The number of rotatable bonds is 5. The van der Waals surface area contributed by atoms with E-state index < -0.39 is 5.69 Å². The van der Waals surface area contributed by atoms with Crippen LogP contribution in [0.2, 0.25) is 0 Å². The summed E-state index contributed by atoms with van der Waals surface area (Å²) in [7, 11) is 2.67. The normalized spacial score (nSPS) is 24.3. The van der Waals surface area contributed by atoms with Crippen LogP contribution in [0.3, 0.4) is 0 Å². The Kier molecular flexibility index (Phi) is 6.95. The molecule has 106 valence electrons. The van der Waals surface area contributed by atoms with Crippen molar-refractivity contribution >= 4 is 36.9 Å². The fourth-order valence-corrected chi connectivity index (χ4v) is 6.73. The molecule has 0 aromatic heterocycles. The third-order valence-electron chi connectivity index (χ3n) is 3.79. The lowest BCUT2D eigenvalue weighted by molar-refractivity contribution is 0.109. The van der Waals surface area contributed by atoms with Gasteiger partial charge in [0, 0.05) is 0 Å². The second kappa shape index (κ2) is 7.96. The highest BCUT2D eigenvalue weighted by molar-refractivity contribution is 8.86. The Morgan fingerprint density at radius 1 is 0.833 bits per heavy atom. The molecule has 0 radical (unpaired) electrons. The quantitative estimate of drug-likeness (QED) is 0.627. The second-order valence-electron chi connectivity index (χ2n) is 5.28. The van der Waals surface area contributed by atoms with E-state index in [1.165, 1.54) is 38.5 Å². The summed E-state index contributed by atoms with van der Waals surface area (Å²) >= 11 is 7.23. The standard InChI is InChI=1S/C12H24O2P2S2/c15-18-16(17,13-11-7-3-1-4-8-11)14-12-9-5-2-6-10-12/h11-12H,1-10,15H2. The third kappa shape index (κ3) is 5.04. The van der Waals surface area contributed by atoms with Crippen molar-refractivity contribution < 1.29 is 9.05 Å². The molecule has 0 bridgehead atoms. The van der Waals surface area contributed by atoms with E-state index in [9.17, 15) is 0 Å². The van der Waals surface area contributed by atoms with Gasteiger partial charge >= 0.3 is 0 Å². The Bertz CT molecular complexity index is 266. The molecule has 2 fully saturated rings. The molecule has 1 atom stereocenters. The van der Waals surface area contributed by atoms with Gasteiger partial charge in [0.2, 0.25) is 0 Å². The first kappa shape index (κ1) is 15.7. The highest BCUT2D eigenvalue weighted by Gasteiger charge is 2.29. The van der Waals surface area contributed by atoms with Gasteiger partial charge in [-0.1, -0.05) is 47.0 Å². The van der Waals surface area contributed by atoms with Gasteiger partial charge in [0.1, 0.15) is 0 Å². The molecule has 1 unspecified atom stereocenters. The van der Waals surface area contributed by atoms with Crippen LogP contribution in [0.4, 0.5) is 0 Å². The van der Waals surface area contributed by atoms with Crippen molar-refractivity contribution in [2.75, 3.05) is 0 Å². The topological polar surface area (TPSA) is 18.5 Å². The highest BCUT2D eigenvalue weighted by atomic mass is 33.2. The lowest BCUT2D eigenvalue weighted by Gasteiger charge is -2.32. The lowest BCUT2D eigenvalue weighted by Crippen LogP contribution is -2.19. The summed E-state index contributed by atoms with van der Waals surface area (Å²) in [5.41, 5.74) is -2.12. The van der Waals surface area contributed by atoms with E-state index in [0.717, 1.165) is 25.7 Å². The largest absolute Gasteiger partial charge is 0.318 e. The van der Waals surface area contributed by atoms with Gasteiger partial charge in [0.25, 0.3) is 5.69 Å². The molecule has 2 aliphatic rings. The van der Waals surface area contributed by atoms with Gasteiger partial charge in [-0.3, -0.25) is 0 Å². The zero-order chi connectivity index (χ0) is 12.8. The van der Waals surface area contributed by atoms with Crippen LogP contribution in [0, 0.1) is 0 Å².